The predicted octanol–water partition coefficient (Wildman–Crippen LogP) is 4.02. The smallest absolute Gasteiger partial charge is 0.117 e. The van der Waals surface area contributed by atoms with Crippen molar-refractivity contribution in [3.8, 4) is 0 Å². The van der Waals surface area contributed by atoms with E-state index in [1.807, 2.05) is 43.1 Å². The van der Waals surface area contributed by atoms with E-state index in [4.69, 9.17) is 0 Å². The fourth-order valence-electron chi connectivity index (χ4n) is 1.93. The summed E-state index contributed by atoms with van der Waals surface area (Å²) in [6.45, 7) is 5.92. The average molecular weight is 218 g/mol. The molecule has 2 rings (SSSR count). The van der Waals surface area contributed by atoms with Crippen LogP contribution in [-0.4, -0.2) is 6.16 Å². The third kappa shape index (κ3) is 2.30. The van der Waals surface area contributed by atoms with E-state index in [1.165, 1.54) is 0 Å². The van der Waals surface area contributed by atoms with Crippen LogP contribution in [-0.2, 0) is 10.7 Å². The second-order valence-electron chi connectivity index (χ2n) is 4.17. The van der Waals surface area contributed by atoms with Gasteiger partial charge in [0.1, 0.15) is 7.14 Å². The van der Waals surface area contributed by atoms with Crippen molar-refractivity contribution in [3.05, 3.63) is 59.4 Å². The summed E-state index contributed by atoms with van der Waals surface area (Å²) in [5, 5.41) is 0. The Morgan fingerprint density at radius 3 is 2.53 bits per heavy atom. The largest absolute Gasteiger partial charge is 0.319 e. The summed E-state index contributed by atoms with van der Waals surface area (Å²) in [4.78, 5) is 0. The molecule has 0 bridgehead atoms. The number of rotatable bonds is 2. The quantitative estimate of drug-likeness (QED) is 0.685. The SMILES string of the molecule is C=C1CP(=O)(Cc2ccccc2)C=C1C. The van der Waals surface area contributed by atoms with E-state index in [2.05, 4.69) is 6.58 Å². The van der Waals surface area contributed by atoms with E-state index in [0.717, 1.165) is 16.7 Å². The molecule has 0 spiro atoms. The highest BCUT2D eigenvalue weighted by Gasteiger charge is 2.27. The van der Waals surface area contributed by atoms with E-state index in [1.54, 1.807) is 0 Å². The van der Waals surface area contributed by atoms with E-state index in [9.17, 15) is 4.57 Å². The van der Waals surface area contributed by atoms with Gasteiger partial charge in [0.2, 0.25) is 0 Å². The zero-order valence-corrected chi connectivity index (χ0v) is 9.84. The molecule has 0 fully saturated rings. The van der Waals surface area contributed by atoms with Gasteiger partial charge in [-0.2, -0.15) is 0 Å². The summed E-state index contributed by atoms with van der Waals surface area (Å²) >= 11 is 0. The van der Waals surface area contributed by atoms with Gasteiger partial charge in [-0.25, -0.2) is 0 Å². The highest BCUT2D eigenvalue weighted by Crippen LogP contribution is 2.57. The van der Waals surface area contributed by atoms with Crippen LogP contribution in [0.1, 0.15) is 12.5 Å². The van der Waals surface area contributed by atoms with Crippen LogP contribution >= 0.6 is 7.14 Å². The second kappa shape index (κ2) is 3.83. The maximum Gasteiger partial charge on any atom is 0.117 e. The maximum absolute atomic E-state index is 12.5. The van der Waals surface area contributed by atoms with Crippen LogP contribution in [0.4, 0.5) is 0 Å². The summed E-state index contributed by atoms with van der Waals surface area (Å²) in [5.41, 5.74) is 3.29. The van der Waals surface area contributed by atoms with Crippen molar-refractivity contribution < 1.29 is 4.57 Å². The zero-order chi connectivity index (χ0) is 10.9. The Labute approximate surface area is 90.9 Å². The van der Waals surface area contributed by atoms with E-state index in [-0.39, 0.29) is 0 Å². The molecule has 1 unspecified atom stereocenters. The minimum absolute atomic E-state index is 0.660. The number of benzene rings is 1. The second-order valence-corrected chi connectivity index (χ2v) is 6.97. The van der Waals surface area contributed by atoms with Gasteiger partial charge in [-0.3, -0.25) is 0 Å². The molecule has 1 aliphatic heterocycles. The molecule has 1 aromatic rings. The summed E-state index contributed by atoms with van der Waals surface area (Å²) in [6.07, 6.45) is 1.33. The molecule has 78 valence electrons. The molecule has 0 saturated carbocycles. The number of allylic oxidation sites excluding steroid dienone is 2. The van der Waals surface area contributed by atoms with Gasteiger partial charge in [-0.05, 0) is 29.5 Å². The topological polar surface area (TPSA) is 17.1 Å². The normalized spacial score (nSPS) is 25.4. The van der Waals surface area contributed by atoms with E-state index < -0.39 is 7.14 Å². The lowest BCUT2D eigenvalue weighted by Gasteiger charge is -2.08. The van der Waals surface area contributed by atoms with Crippen LogP contribution in [0.25, 0.3) is 0 Å². The van der Waals surface area contributed by atoms with Crippen molar-refractivity contribution in [2.45, 2.75) is 13.1 Å². The minimum atomic E-state index is -2.17. The lowest BCUT2D eigenvalue weighted by Crippen LogP contribution is -1.88. The van der Waals surface area contributed by atoms with Gasteiger partial charge in [-0.15, -0.1) is 0 Å². The van der Waals surface area contributed by atoms with Crippen LogP contribution in [0, 0.1) is 0 Å². The van der Waals surface area contributed by atoms with Crippen LogP contribution < -0.4 is 0 Å². The van der Waals surface area contributed by atoms with Crippen molar-refractivity contribution in [1.29, 1.82) is 0 Å². The van der Waals surface area contributed by atoms with Crippen molar-refractivity contribution >= 4 is 7.14 Å². The molecule has 0 saturated heterocycles. The van der Waals surface area contributed by atoms with Gasteiger partial charge in [0, 0.05) is 12.3 Å². The highest BCUT2D eigenvalue weighted by atomic mass is 31.2. The van der Waals surface area contributed by atoms with Crippen LogP contribution in [0.2, 0.25) is 0 Å². The number of hydrogen-bond acceptors (Lipinski definition) is 1. The average Bonchev–Trinajstić information content (AvgIpc) is 2.42. The van der Waals surface area contributed by atoms with Crippen LogP contribution in [0.3, 0.4) is 0 Å². The molecule has 0 amide bonds. The third-order valence-corrected chi connectivity index (χ3v) is 5.41. The monoisotopic (exact) mass is 218 g/mol. The summed E-state index contributed by atoms with van der Waals surface area (Å²) in [7, 11) is -2.17. The lowest BCUT2D eigenvalue weighted by molar-refractivity contribution is 0.582. The van der Waals surface area contributed by atoms with Crippen molar-refractivity contribution in [2.24, 2.45) is 0 Å². The van der Waals surface area contributed by atoms with Gasteiger partial charge < -0.3 is 4.57 Å². The van der Waals surface area contributed by atoms with Crippen LogP contribution in [0.15, 0.2) is 53.9 Å². The van der Waals surface area contributed by atoms with Gasteiger partial charge >= 0.3 is 0 Å². The van der Waals surface area contributed by atoms with Crippen molar-refractivity contribution in [2.75, 3.05) is 6.16 Å². The molecule has 0 aromatic heterocycles. The highest BCUT2D eigenvalue weighted by molar-refractivity contribution is 7.67. The Balaban J connectivity index is 2.21. The molecule has 1 aliphatic rings. The summed E-state index contributed by atoms with van der Waals surface area (Å²) in [5.74, 6) is 1.93. The van der Waals surface area contributed by atoms with Crippen LogP contribution in [0.5, 0.6) is 0 Å². The van der Waals surface area contributed by atoms with Gasteiger partial charge in [0.25, 0.3) is 0 Å². The molecule has 0 radical (unpaired) electrons. The molecular formula is C13H15OP. The molecule has 1 aromatic carbocycles. The first-order chi connectivity index (χ1) is 7.09. The van der Waals surface area contributed by atoms with Crippen molar-refractivity contribution in [3.63, 3.8) is 0 Å². The number of hydrogen-bond donors (Lipinski definition) is 0. The Morgan fingerprint density at radius 2 is 2.00 bits per heavy atom. The van der Waals surface area contributed by atoms with E-state index >= 15 is 0 Å². The first-order valence-electron chi connectivity index (χ1n) is 5.08. The Hall–Kier alpha value is -1.07. The predicted molar refractivity (Wildman–Crippen MR) is 65.5 cm³/mol. The molecule has 1 heterocycles. The van der Waals surface area contributed by atoms with Gasteiger partial charge in [0.05, 0.1) is 0 Å². The molecule has 2 heteroatoms. The Morgan fingerprint density at radius 1 is 1.33 bits per heavy atom. The first kappa shape index (κ1) is 10.4. The maximum atomic E-state index is 12.5. The fourth-order valence-corrected chi connectivity index (χ4v) is 4.84. The Bertz CT molecular complexity index is 457. The third-order valence-electron chi connectivity index (χ3n) is 2.74. The molecule has 0 aliphatic carbocycles. The molecule has 0 N–H and O–H groups in total. The standard InChI is InChI=1S/C13H15OP/c1-11-8-15(14,9-12(11)2)10-13-6-4-3-5-7-13/h3-7,9H,1,8,10H2,2H3. The van der Waals surface area contributed by atoms with Gasteiger partial charge in [-0.1, -0.05) is 36.9 Å². The zero-order valence-electron chi connectivity index (χ0n) is 8.94. The lowest BCUT2D eigenvalue weighted by atomic mass is 10.2. The molecule has 1 atom stereocenters. The van der Waals surface area contributed by atoms with E-state index in [0.29, 0.717) is 12.3 Å². The fraction of sp³-hybridized carbons (Fsp3) is 0.231. The summed E-state index contributed by atoms with van der Waals surface area (Å²) in [6, 6.07) is 10.0. The first-order valence-corrected chi connectivity index (χ1v) is 7.23. The molecule has 1 nitrogen and oxygen atoms in total. The minimum Gasteiger partial charge on any atom is -0.319 e. The summed E-state index contributed by atoms with van der Waals surface area (Å²) < 4.78 is 12.5. The molecular weight excluding hydrogens is 203 g/mol. The van der Waals surface area contributed by atoms with Crippen molar-refractivity contribution in [1.82, 2.24) is 0 Å². The van der Waals surface area contributed by atoms with Gasteiger partial charge in [0.15, 0.2) is 0 Å². The molecule has 15 heavy (non-hydrogen) atoms. The Kier molecular flexibility index (Phi) is 2.67.